The van der Waals surface area contributed by atoms with Crippen LogP contribution in [0.25, 0.3) is 10.9 Å². The van der Waals surface area contributed by atoms with Crippen LogP contribution in [0.1, 0.15) is 12.5 Å². The first kappa shape index (κ1) is 13.9. The van der Waals surface area contributed by atoms with E-state index in [9.17, 15) is 0 Å². The molecule has 4 nitrogen and oxygen atoms in total. The van der Waals surface area contributed by atoms with Crippen molar-refractivity contribution in [2.24, 2.45) is 5.73 Å². The molecule has 0 amide bonds. The first-order valence-electron chi connectivity index (χ1n) is 6.98. The second-order valence-electron chi connectivity index (χ2n) is 5.51. The third kappa shape index (κ3) is 2.83. The predicted octanol–water partition coefficient (Wildman–Crippen LogP) is 2.37. The molecule has 1 aliphatic heterocycles. The molecule has 1 saturated heterocycles. The number of halogens is 1. The molecule has 2 aromatic rings. The number of nitrogens with two attached hydrogens (primary N) is 1. The van der Waals surface area contributed by atoms with Crippen molar-refractivity contribution in [3.63, 3.8) is 0 Å². The molecule has 2 heterocycles. The Hall–Kier alpha value is -1.07. The third-order valence-electron chi connectivity index (χ3n) is 3.89. The normalized spacial score (nSPS) is 22.2. The maximum Gasteiger partial charge on any atom is 0.0850 e. The summed E-state index contributed by atoms with van der Waals surface area (Å²) in [6.07, 6.45) is 2.19. The Labute approximate surface area is 123 Å². The van der Waals surface area contributed by atoms with Gasteiger partial charge >= 0.3 is 0 Å². The lowest BCUT2D eigenvalue weighted by Crippen LogP contribution is -2.49. The van der Waals surface area contributed by atoms with Gasteiger partial charge in [-0.25, -0.2) is 0 Å². The van der Waals surface area contributed by atoms with Gasteiger partial charge in [0.05, 0.1) is 12.7 Å². The zero-order valence-corrected chi connectivity index (χ0v) is 12.4. The molecule has 2 atom stereocenters. The Morgan fingerprint density at radius 1 is 1.55 bits per heavy atom. The second kappa shape index (κ2) is 5.74. The highest BCUT2D eigenvalue weighted by Gasteiger charge is 2.23. The van der Waals surface area contributed by atoms with Crippen LogP contribution in [-0.2, 0) is 11.3 Å². The summed E-state index contributed by atoms with van der Waals surface area (Å²) in [5.74, 6) is 0. The number of fused-ring (bicyclic) bond motifs is 1. The van der Waals surface area contributed by atoms with Crippen LogP contribution in [0, 0.1) is 0 Å². The molecular weight excluding hydrogens is 274 g/mol. The van der Waals surface area contributed by atoms with Crippen LogP contribution in [0.3, 0.4) is 0 Å². The molecule has 0 radical (unpaired) electrons. The number of H-pyrrole nitrogens is 1. The molecule has 0 bridgehead atoms. The highest BCUT2D eigenvalue weighted by molar-refractivity contribution is 6.31. The number of aromatic nitrogens is 1. The summed E-state index contributed by atoms with van der Waals surface area (Å²) in [6.45, 7) is 5.50. The Morgan fingerprint density at radius 3 is 3.20 bits per heavy atom. The van der Waals surface area contributed by atoms with Gasteiger partial charge in [-0.2, -0.15) is 0 Å². The summed E-state index contributed by atoms with van der Waals surface area (Å²) >= 11 is 6.01. The number of rotatable bonds is 3. The van der Waals surface area contributed by atoms with Gasteiger partial charge in [0.25, 0.3) is 0 Å². The van der Waals surface area contributed by atoms with Gasteiger partial charge in [0, 0.05) is 47.8 Å². The van der Waals surface area contributed by atoms with Crippen molar-refractivity contribution < 1.29 is 4.74 Å². The van der Waals surface area contributed by atoms with E-state index in [2.05, 4.69) is 22.1 Å². The molecule has 0 saturated carbocycles. The highest BCUT2D eigenvalue weighted by atomic mass is 35.5. The summed E-state index contributed by atoms with van der Waals surface area (Å²) in [4.78, 5) is 5.68. The van der Waals surface area contributed by atoms with Gasteiger partial charge in [-0.1, -0.05) is 17.7 Å². The molecule has 1 aliphatic rings. The lowest BCUT2D eigenvalue weighted by molar-refractivity contribution is -0.0402. The number of aromatic amines is 1. The average molecular weight is 294 g/mol. The molecule has 1 fully saturated rings. The van der Waals surface area contributed by atoms with Gasteiger partial charge in [0.1, 0.15) is 0 Å². The fourth-order valence-electron chi connectivity index (χ4n) is 2.72. The Kier molecular flexibility index (Phi) is 3.98. The van der Waals surface area contributed by atoms with Gasteiger partial charge < -0.3 is 15.5 Å². The molecule has 108 valence electrons. The summed E-state index contributed by atoms with van der Waals surface area (Å²) in [5, 5.41) is 1.99. The van der Waals surface area contributed by atoms with Crippen molar-refractivity contribution in [2.45, 2.75) is 25.6 Å². The summed E-state index contributed by atoms with van der Waals surface area (Å²) < 4.78 is 5.70. The van der Waals surface area contributed by atoms with Crippen molar-refractivity contribution in [2.75, 3.05) is 19.7 Å². The van der Waals surface area contributed by atoms with Crippen molar-refractivity contribution in [3.05, 3.63) is 35.0 Å². The molecule has 1 aromatic heterocycles. The molecular formula is C15H20ClN3O. The van der Waals surface area contributed by atoms with Crippen molar-refractivity contribution in [1.82, 2.24) is 9.88 Å². The van der Waals surface area contributed by atoms with E-state index >= 15 is 0 Å². The largest absolute Gasteiger partial charge is 0.374 e. The first-order chi connectivity index (χ1) is 9.63. The summed E-state index contributed by atoms with van der Waals surface area (Å²) in [5.41, 5.74) is 8.32. The fourth-order valence-corrected chi connectivity index (χ4v) is 2.90. The van der Waals surface area contributed by atoms with Crippen LogP contribution in [0.15, 0.2) is 24.4 Å². The van der Waals surface area contributed by atoms with Crippen LogP contribution in [-0.4, -0.2) is 41.7 Å². The molecule has 3 rings (SSSR count). The maximum absolute atomic E-state index is 6.01. The molecule has 2 unspecified atom stereocenters. The zero-order chi connectivity index (χ0) is 14.1. The van der Waals surface area contributed by atoms with Crippen molar-refractivity contribution >= 4 is 22.5 Å². The van der Waals surface area contributed by atoms with Crippen LogP contribution in [0.2, 0.25) is 5.02 Å². The van der Waals surface area contributed by atoms with E-state index in [4.69, 9.17) is 22.1 Å². The lowest BCUT2D eigenvalue weighted by Gasteiger charge is -2.34. The van der Waals surface area contributed by atoms with Crippen LogP contribution < -0.4 is 5.73 Å². The molecule has 5 heteroatoms. The van der Waals surface area contributed by atoms with E-state index < -0.39 is 0 Å². The summed E-state index contributed by atoms with van der Waals surface area (Å²) in [6, 6.07) is 6.04. The molecule has 0 aliphatic carbocycles. The SMILES string of the molecule is CC(N)C1CN(Cc2c[nH]c3cc(Cl)ccc23)CCO1. The number of morpholine rings is 1. The molecule has 0 spiro atoms. The number of nitrogens with zero attached hydrogens (tertiary/aromatic N) is 1. The van der Waals surface area contributed by atoms with Gasteiger partial charge in [-0.3, -0.25) is 4.90 Å². The van der Waals surface area contributed by atoms with Gasteiger partial charge in [0.2, 0.25) is 0 Å². The number of benzene rings is 1. The highest BCUT2D eigenvalue weighted by Crippen LogP contribution is 2.23. The Bertz CT molecular complexity index is 596. The minimum atomic E-state index is 0.0691. The predicted molar refractivity (Wildman–Crippen MR) is 82.0 cm³/mol. The standard InChI is InChI=1S/C15H20ClN3O/c1-10(17)15-9-19(4-5-20-15)8-11-7-18-14-6-12(16)2-3-13(11)14/h2-3,6-7,10,15,18H,4-5,8-9,17H2,1H3. The van der Waals surface area contributed by atoms with E-state index in [1.165, 1.54) is 10.9 Å². The van der Waals surface area contributed by atoms with Crippen LogP contribution in [0.5, 0.6) is 0 Å². The second-order valence-corrected chi connectivity index (χ2v) is 5.94. The lowest BCUT2D eigenvalue weighted by atomic mass is 10.1. The third-order valence-corrected chi connectivity index (χ3v) is 4.12. The smallest absolute Gasteiger partial charge is 0.0850 e. The van der Waals surface area contributed by atoms with Gasteiger partial charge in [-0.05, 0) is 24.6 Å². The van der Waals surface area contributed by atoms with Gasteiger partial charge in [0.15, 0.2) is 0 Å². The first-order valence-corrected chi connectivity index (χ1v) is 7.36. The van der Waals surface area contributed by atoms with E-state index in [1.54, 1.807) is 0 Å². The minimum absolute atomic E-state index is 0.0691. The van der Waals surface area contributed by atoms with Crippen molar-refractivity contribution in [3.8, 4) is 0 Å². The quantitative estimate of drug-likeness (QED) is 0.913. The minimum Gasteiger partial charge on any atom is -0.374 e. The number of hydrogen-bond donors (Lipinski definition) is 2. The van der Waals surface area contributed by atoms with E-state index in [1.807, 2.05) is 19.1 Å². The zero-order valence-electron chi connectivity index (χ0n) is 11.6. The van der Waals surface area contributed by atoms with Crippen LogP contribution >= 0.6 is 11.6 Å². The number of nitrogens with one attached hydrogen (secondary N) is 1. The van der Waals surface area contributed by atoms with E-state index in [0.29, 0.717) is 0 Å². The van der Waals surface area contributed by atoms with Gasteiger partial charge in [-0.15, -0.1) is 0 Å². The Balaban J connectivity index is 1.76. The van der Waals surface area contributed by atoms with E-state index in [-0.39, 0.29) is 12.1 Å². The van der Waals surface area contributed by atoms with E-state index in [0.717, 1.165) is 36.8 Å². The molecule has 20 heavy (non-hydrogen) atoms. The Morgan fingerprint density at radius 2 is 2.40 bits per heavy atom. The fraction of sp³-hybridized carbons (Fsp3) is 0.467. The number of ether oxygens (including phenoxy) is 1. The summed E-state index contributed by atoms with van der Waals surface area (Å²) in [7, 11) is 0. The molecule has 3 N–H and O–H groups in total. The van der Waals surface area contributed by atoms with Crippen LogP contribution in [0.4, 0.5) is 0 Å². The monoisotopic (exact) mass is 293 g/mol. The maximum atomic E-state index is 6.01. The number of hydrogen-bond acceptors (Lipinski definition) is 3. The van der Waals surface area contributed by atoms with Crippen molar-refractivity contribution in [1.29, 1.82) is 0 Å². The molecule has 1 aromatic carbocycles. The average Bonchev–Trinajstić information content (AvgIpc) is 2.81. The topological polar surface area (TPSA) is 54.3 Å².